The fourth-order valence-corrected chi connectivity index (χ4v) is 3.17. The van der Waals surface area contributed by atoms with E-state index in [4.69, 9.17) is 11.6 Å². The van der Waals surface area contributed by atoms with Crippen LogP contribution in [-0.2, 0) is 6.54 Å². The molecule has 0 bridgehead atoms. The van der Waals surface area contributed by atoms with Gasteiger partial charge in [0.2, 0.25) is 0 Å². The van der Waals surface area contributed by atoms with Crippen molar-refractivity contribution in [2.45, 2.75) is 13.5 Å². The fraction of sp³-hybridized carbons (Fsp3) is 0.125. The molecule has 20 heavy (non-hydrogen) atoms. The van der Waals surface area contributed by atoms with E-state index in [1.54, 1.807) is 0 Å². The van der Waals surface area contributed by atoms with Crippen molar-refractivity contribution < 1.29 is 5.11 Å². The van der Waals surface area contributed by atoms with Gasteiger partial charge in [0.25, 0.3) is 0 Å². The van der Waals surface area contributed by atoms with E-state index in [9.17, 15) is 5.11 Å². The number of rotatable bonds is 2. The fourth-order valence-electron chi connectivity index (χ4n) is 2.46. The lowest BCUT2D eigenvalue weighted by molar-refractivity contribution is 0.430. The monoisotopic (exact) mass is 349 g/mol. The van der Waals surface area contributed by atoms with Gasteiger partial charge in [0, 0.05) is 26.5 Å². The molecule has 102 valence electrons. The number of hydrogen-bond donors (Lipinski definition) is 1. The second-order valence-electron chi connectivity index (χ2n) is 4.89. The summed E-state index contributed by atoms with van der Waals surface area (Å²) >= 11 is 9.37. The molecule has 0 saturated carbocycles. The SMILES string of the molecule is Cc1cc(Br)cc2cn(Cc3ccc(Cl)cc3)c(O)c12. The third-order valence-corrected chi connectivity index (χ3v) is 4.10. The lowest BCUT2D eigenvalue weighted by Crippen LogP contribution is -1.96. The molecule has 2 aromatic carbocycles. The Balaban J connectivity index is 2.06. The summed E-state index contributed by atoms with van der Waals surface area (Å²) in [6, 6.07) is 11.7. The van der Waals surface area contributed by atoms with Crippen LogP contribution in [0.5, 0.6) is 5.88 Å². The van der Waals surface area contributed by atoms with Gasteiger partial charge < -0.3 is 9.67 Å². The Labute approximate surface area is 130 Å². The average molecular weight is 351 g/mol. The molecule has 4 heteroatoms. The minimum atomic E-state index is 0.306. The molecular formula is C16H13BrClNO. The van der Waals surface area contributed by atoms with E-state index in [2.05, 4.69) is 15.9 Å². The summed E-state index contributed by atoms with van der Waals surface area (Å²) in [7, 11) is 0. The molecule has 0 aliphatic rings. The maximum absolute atomic E-state index is 10.4. The van der Waals surface area contributed by atoms with E-state index in [0.29, 0.717) is 12.4 Å². The maximum atomic E-state index is 10.4. The molecule has 0 radical (unpaired) electrons. The number of hydrogen-bond acceptors (Lipinski definition) is 1. The summed E-state index contributed by atoms with van der Waals surface area (Å²) in [6.45, 7) is 2.62. The molecular weight excluding hydrogens is 338 g/mol. The zero-order valence-corrected chi connectivity index (χ0v) is 13.2. The van der Waals surface area contributed by atoms with Crippen LogP contribution in [0.25, 0.3) is 10.8 Å². The summed E-state index contributed by atoms with van der Waals surface area (Å²) in [6.07, 6.45) is 1.97. The zero-order valence-electron chi connectivity index (χ0n) is 10.9. The Hall–Kier alpha value is -1.45. The topological polar surface area (TPSA) is 25.2 Å². The van der Waals surface area contributed by atoms with Crippen LogP contribution in [0.15, 0.2) is 47.1 Å². The van der Waals surface area contributed by atoms with Crippen LogP contribution in [0.3, 0.4) is 0 Å². The molecule has 0 fully saturated rings. The third kappa shape index (κ3) is 2.43. The van der Waals surface area contributed by atoms with Crippen molar-refractivity contribution in [3.8, 4) is 5.88 Å². The molecule has 0 unspecified atom stereocenters. The van der Waals surface area contributed by atoms with Crippen LogP contribution >= 0.6 is 27.5 Å². The molecule has 0 saturated heterocycles. The average Bonchev–Trinajstić information content (AvgIpc) is 2.69. The molecule has 1 N–H and O–H groups in total. The molecule has 0 atom stereocenters. The Morgan fingerprint density at radius 3 is 2.60 bits per heavy atom. The number of nitrogens with zero attached hydrogens (tertiary/aromatic N) is 1. The van der Waals surface area contributed by atoms with Gasteiger partial charge >= 0.3 is 0 Å². The predicted molar refractivity (Wildman–Crippen MR) is 86.6 cm³/mol. The van der Waals surface area contributed by atoms with Crippen molar-refractivity contribution in [1.82, 2.24) is 4.57 Å². The van der Waals surface area contributed by atoms with Gasteiger partial charge in [-0.25, -0.2) is 0 Å². The lowest BCUT2D eigenvalue weighted by Gasteiger charge is -2.05. The van der Waals surface area contributed by atoms with Gasteiger partial charge in [0.15, 0.2) is 5.88 Å². The molecule has 1 aromatic heterocycles. The van der Waals surface area contributed by atoms with Crippen molar-refractivity contribution in [1.29, 1.82) is 0 Å². The van der Waals surface area contributed by atoms with Gasteiger partial charge in [0.05, 0.1) is 6.54 Å². The van der Waals surface area contributed by atoms with Crippen LogP contribution in [0.4, 0.5) is 0 Å². The standard InChI is InChI=1S/C16H13BrClNO/c1-10-6-13(17)7-12-9-19(16(20)15(10)12)8-11-2-4-14(18)5-3-11/h2-7,9,20H,8H2,1H3. The highest BCUT2D eigenvalue weighted by Gasteiger charge is 2.11. The van der Waals surface area contributed by atoms with Crippen molar-refractivity contribution >= 4 is 38.3 Å². The Morgan fingerprint density at radius 2 is 1.90 bits per heavy atom. The van der Waals surface area contributed by atoms with Crippen LogP contribution in [0.2, 0.25) is 5.02 Å². The lowest BCUT2D eigenvalue weighted by atomic mass is 10.1. The van der Waals surface area contributed by atoms with Crippen molar-refractivity contribution in [3.63, 3.8) is 0 Å². The molecule has 2 nitrogen and oxygen atoms in total. The van der Waals surface area contributed by atoms with Crippen molar-refractivity contribution in [2.75, 3.05) is 0 Å². The first-order chi connectivity index (χ1) is 9.54. The first kappa shape index (κ1) is 13.5. The van der Waals surface area contributed by atoms with Gasteiger partial charge in [-0.1, -0.05) is 39.7 Å². The van der Waals surface area contributed by atoms with Crippen LogP contribution < -0.4 is 0 Å². The highest BCUT2D eigenvalue weighted by atomic mass is 79.9. The van der Waals surface area contributed by atoms with Gasteiger partial charge in [-0.15, -0.1) is 0 Å². The Kier molecular flexibility index (Phi) is 3.48. The van der Waals surface area contributed by atoms with Crippen molar-refractivity contribution in [3.05, 3.63) is 63.2 Å². The second-order valence-corrected chi connectivity index (χ2v) is 6.25. The largest absolute Gasteiger partial charge is 0.494 e. The zero-order chi connectivity index (χ0) is 14.3. The molecule has 3 aromatic rings. The van der Waals surface area contributed by atoms with Crippen molar-refractivity contribution in [2.24, 2.45) is 0 Å². The molecule has 3 rings (SSSR count). The van der Waals surface area contributed by atoms with Gasteiger partial charge in [0.1, 0.15) is 0 Å². The summed E-state index contributed by atoms with van der Waals surface area (Å²) in [5.41, 5.74) is 2.16. The first-order valence-electron chi connectivity index (χ1n) is 6.27. The number of aromatic nitrogens is 1. The quantitative estimate of drug-likeness (QED) is 0.682. The van der Waals surface area contributed by atoms with E-state index in [1.165, 1.54) is 0 Å². The molecule has 0 spiro atoms. The minimum Gasteiger partial charge on any atom is -0.494 e. The maximum Gasteiger partial charge on any atom is 0.199 e. The summed E-state index contributed by atoms with van der Waals surface area (Å²) in [5, 5.41) is 13.1. The molecule has 0 amide bonds. The summed E-state index contributed by atoms with van der Waals surface area (Å²) in [4.78, 5) is 0. The molecule has 1 heterocycles. The highest BCUT2D eigenvalue weighted by molar-refractivity contribution is 9.10. The second kappa shape index (κ2) is 5.15. The molecule has 0 aliphatic heterocycles. The van der Waals surface area contributed by atoms with E-state index >= 15 is 0 Å². The molecule has 0 aliphatic carbocycles. The van der Waals surface area contributed by atoms with E-state index in [1.807, 2.05) is 54.1 Å². The predicted octanol–water partition coefficient (Wildman–Crippen LogP) is 5.12. The van der Waals surface area contributed by atoms with Gasteiger partial charge in [-0.2, -0.15) is 0 Å². The number of aryl methyl sites for hydroxylation is 1. The number of halogens is 2. The first-order valence-corrected chi connectivity index (χ1v) is 7.44. The summed E-state index contributed by atoms with van der Waals surface area (Å²) in [5.74, 6) is 0.306. The van der Waals surface area contributed by atoms with E-state index < -0.39 is 0 Å². The van der Waals surface area contributed by atoms with E-state index in [0.717, 1.165) is 31.4 Å². The Bertz CT molecular complexity index is 777. The smallest absolute Gasteiger partial charge is 0.199 e. The van der Waals surface area contributed by atoms with E-state index in [-0.39, 0.29) is 0 Å². The van der Waals surface area contributed by atoms with Gasteiger partial charge in [-0.05, 0) is 42.3 Å². The highest BCUT2D eigenvalue weighted by Crippen LogP contribution is 2.33. The number of benzene rings is 2. The normalized spacial score (nSPS) is 11.2. The minimum absolute atomic E-state index is 0.306. The number of aromatic hydroxyl groups is 1. The van der Waals surface area contributed by atoms with Crippen LogP contribution in [0.1, 0.15) is 11.1 Å². The van der Waals surface area contributed by atoms with Crippen LogP contribution in [0, 0.1) is 6.92 Å². The van der Waals surface area contributed by atoms with Gasteiger partial charge in [-0.3, -0.25) is 0 Å². The Morgan fingerprint density at radius 1 is 1.20 bits per heavy atom. The third-order valence-electron chi connectivity index (χ3n) is 3.39. The number of fused-ring (bicyclic) bond motifs is 1. The summed E-state index contributed by atoms with van der Waals surface area (Å²) < 4.78 is 2.87. The van der Waals surface area contributed by atoms with Crippen LogP contribution in [-0.4, -0.2) is 9.67 Å².